The molecule has 0 aliphatic carbocycles. The van der Waals surface area contributed by atoms with Crippen LogP contribution in [0.3, 0.4) is 0 Å². The molecule has 0 saturated heterocycles. The van der Waals surface area contributed by atoms with E-state index < -0.39 is 17.5 Å². The minimum Gasteiger partial charge on any atom is -0.481 e. The van der Waals surface area contributed by atoms with Crippen LogP contribution < -0.4 is 10.6 Å². The summed E-state index contributed by atoms with van der Waals surface area (Å²) >= 11 is 1.52. The molecule has 18 heavy (non-hydrogen) atoms. The monoisotopic (exact) mass is 271 g/mol. The number of rotatable bonds is 5. The second-order valence-corrected chi connectivity index (χ2v) is 5.68. The third-order valence-corrected chi connectivity index (χ3v) is 2.96. The Balaban J connectivity index is 2.39. The molecule has 0 bridgehead atoms. The molecule has 100 valence electrons. The fourth-order valence-electron chi connectivity index (χ4n) is 1.43. The van der Waals surface area contributed by atoms with Gasteiger partial charge in [-0.25, -0.2) is 9.78 Å². The highest BCUT2D eigenvalue weighted by atomic mass is 32.1. The number of nitrogens with zero attached hydrogens (tertiary/aromatic N) is 1. The predicted molar refractivity (Wildman–Crippen MR) is 68.6 cm³/mol. The number of aryl methyl sites for hydroxylation is 1. The van der Waals surface area contributed by atoms with Crippen molar-refractivity contribution >= 4 is 23.3 Å². The van der Waals surface area contributed by atoms with Gasteiger partial charge in [0.2, 0.25) is 0 Å². The van der Waals surface area contributed by atoms with Gasteiger partial charge in [0, 0.05) is 10.9 Å². The van der Waals surface area contributed by atoms with Crippen molar-refractivity contribution in [2.45, 2.75) is 39.3 Å². The highest BCUT2D eigenvalue weighted by Gasteiger charge is 2.23. The van der Waals surface area contributed by atoms with Crippen LogP contribution in [0.5, 0.6) is 0 Å². The van der Waals surface area contributed by atoms with E-state index in [9.17, 15) is 9.59 Å². The summed E-state index contributed by atoms with van der Waals surface area (Å²) in [5.74, 6) is -0.949. The molecule has 0 atom stereocenters. The summed E-state index contributed by atoms with van der Waals surface area (Å²) in [6.07, 6.45) is -0.129. The lowest BCUT2D eigenvalue weighted by molar-refractivity contribution is -0.138. The van der Waals surface area contributed by atoms with Crippen molar-refractivity contribution < 1.29 is 14.7 Å². The second-order valence-electron chi connectivity index (χ2n) is 4.62. The number of nitrogens with one attached hydrogen (secondary N) is 2. The van der Waals surface area contributed by atoms with E-state index in [4.69, 9.17) is 5.11 Å². The molecule has 7 heteroatoms. The van der Waals surface area contributed by atoms with Gasteiger partial charge >= 0.3 is 12.0 Å². The largest absolute Gasteiger partial charge is 0.481 e. The first kappa shape index (κ1) is 14.4. The number of hydrogen-bond acceptors (Lipinski definition) is 4. The van der Waals surface area contributed by atoms with Gasteiger partial charge < -0.3 is 15.7 Å². The maximum absolute atomic E-state index is 11.6. The van der Waals surface area contributed by atoms with Crippen LogP contribution in [-0.4, -0.2) is 27.6 Å². The molecule has 1 heterocycles. The van der Waals surface area contributed by atoms with Crippen LogP contribution in [0.4, 0.5) is 4.79 Å². The Hall–Kier alpha value is -1.63. The molecule has 2 amide bonds. The van der Waals surface area contributed by atoms with E-state index in [1.54, 1.807) is 13.8 Å². The van der Waals surface area contributed by atoms with E-state index in [0.717, 1.165) is 10.7 Å². The number of amides is 2. The molecule has 0 aromatic carbocycles. The molecule has 0 aliphatic rings. The lowest BCUT2D eigenvalue weighted by Crippen LogP contribution is -2.49. The van der Waals surface area contributed by atoms with E-state index in [1.807, 2.05) is 12.3 Å². The first-order chi connectivity index (χ1) is 8.28. The van der Waals surface area contributed by atoms with Gasteiger partial charge in [-0.05, 0) is 20.8 Å². The maximum Gasteiger partial charge on any atom is 0.315 e. The Morgan fingerprint density at radius 3 is 2.67 bits per heavy atom. The molecule has 0 saturated carbocycles. The Labute approximate surface area is 109 Å². The normalized spacial score (nSPS) is 11.1. The Bertz CT molecular complexity index is 442. The van der Waals surface area contributed by atoms with Gasteiger partial charge in [0.15, 0.2) is 0 Å². The molecule has 0 fully saturated rings. The lowest BCUT2D eigenvalue weighted by Gasteiger charge is -2.24. The van der Waals surface area contributed by atoms with Crippen molar-refractivity contribution in [3.8, 4) is 0 Å². The number of thiazole rings is 1. The number of carboxylic acids is 1. The van der Waals surface area contributed by atoms with Crippen LogP contribution in [0.2, 0.25) is 0 Å². The van der Waals surface area contributed by atoms with E-state index >= 15 is 0 Å². The molecule has 3 N–H and O–H groups in total. The van der Waals surface area contributed by atoms with Crippen LogP contribution in [0.1, 0.15) is 31.0 Å². The minimum atomic E-state index is -0.949. The number of carbonyl (C=O) groups is 2. The first-order valence-electron chi connectivity index (χ1n) is 5.47. The van der Waals surface area contributed by atoms with Crippen LogP contribution in [0, 0.1) is 6.92 Å². The van der Waals surface area contributed by atoms with Gasteiger partial charge in [0.25, 0.3) is 0 Å². The van der Waals surface area contributed by atoms with Gasteiger partial charge in [0.1, 0.15) is 0 Å². The zero-order chi connectivity index (χ0) is 13.8. The van der Waals surface area contributed by atoms with E-state index in [1.165, 1.54) is 11.3 Å². The number of aromatic nitrogens is 1. The number of carboxylic acid groups (broad SMARTS) is 1. The number of carbonyl (C=O) groups excluding carboxylic acids is 1. The first-order valence-corrected chi connectivity index (χ1v) is 6.35. The fourth-order valence-corrected chi connectivity index (χ4v) is 2.05. The van der Waals surface area contributed by atoms with E-state index in [-0.39, 0.29) is 6.42 Å². The summed E-state index contributed by atoms with van der Waals surface area (Å²) in [7, 11) is 0. The van der Waals surface area contributed by atoms with Crippen molar-refractivity contribution in [2.75, 3.05) is 0 Å². The van der Waals surface area contributed by atoms with Crippen molar-refractivity contribution in [3.63, 3.8) is 0 Å². The van der Waals surface area contributed by atoms with Crippen LogP contribution >= 0.6 is 11.3 Å². The Morgan fingerprint density at radius 1 is 1.50 bits per heavy atom. The van der Waals surface area contributed by atoms with Crippen molar-refractivity contribution in [3.05, 3.63) is 16.1 Å². The smallest absolute Gasteiger partial charge is 0.315 e. The van der Waals surface area contributed by atoms with Crippen LogP contribution in [0.15, 0.2) is 5.38 Å². The summed E-state index contributed by atoms with van der Waals surface area (Å²) in [6, 6.07) is -0.396. The van der Waals surface area contributed by atoms with Crippen LogP contribution in [-0.2, 0) is 11.3 Å². The third kappa shape index (κ3) is 5.13. The second kappa shape index (κ2) is 5.81. The van der Waals surface area contributed by atoms with Gasteiger partial charge in [-0.3, -0.25) is 4.79 Å². The quantitative estimate of drug-likeness (QED) is 0.757. The van der Waals surface area contributed by atoms with Gasteiger partial charge in [-0.1, -0.05) is 0 Å². The molecule has 6 nitrogen and oxygen atoms in total. The SMILES string of the molecule is Cc1nc(CNC(=O)NC(C)(C)CC(=O)O)cs1. The standard InChI is InChI=1S/C11H17N3O3S/c1-7-13-8(6-18-7)5-12-10(17)14-11(2,3)4-9(15)16/h6H,4-5H2,1-3H3,(H,15,16)(H2,12,14,17). The Kier molecular flexibility index (Phi) is 4.66. The summed E-state index contributed by atoms with van der Waals surface area (Å²) in [5.41, 5.74) is 0.0113. The summed E-state index contributed by atoms with van der Waals surface area (Å²) < 4.78 is 0. The zero-order valence-corrected chi connectivity index (χ0v) is 11.4. The topological polar surface area (TPSA) is 91.3 Å². The van der Waals surface area contributed by atoms with Gasteiger partial charge in [-0.15, -0.1) is 11.3 Å². The number of hydrogen-bond donors (Lipinski definition) is 3. The molecule has 0 aliphatic heterocycles. The van der Waals surface area contributed by atoms with Crippen molar-refractivity contribution in [1.29, 1.82) is 0 Å². The minimum absolute atomic E-state index is 0.129. The number of aliphatic carboxylic acids is 1. The average molecular weight is 271 g/mol. The summed E-state index contributed by atoms with van der Waals surface area (Å²) in [5, 5.41) is 16.8. The molecule has 1 aromatic rings. The van der Waals surface area contributed by atoms with Crippen molar-refractivity contribution in [1.82, 2.24) is 15.6 Å². The predicted octanol–water partition coefficient (Wildman–Crippen LogP) is 1.50. The molecular formula is C11H17N3O3S. The summed E-state index contributed by atoms with van der Waals surface area (Å²) in [6.45, 7) is 5.55. The molecule has 0 radical (unpaired) electrons. The highest BCUT2D eigenvalue weighted by Crippen LogP contribution is 2.09. The summed E-state index contributed by atoms with van der Waals surface area (Å²) in [4.78, 5) is 26.4. The molecule has 1 rings (SSSR count). The van der Waals surface area contributed by atoms with Crippen LogP contribution in [0.25, 0.3) is 0 Å². The molecule has 0 spiro atoms. The maximum atomic E-state index is 11.6. The molecule has 1 aromatic heterocycles. The number of urea groups is 1. The Morgan fingerprint density at radius 2 is 2.17 bits per heavy atom. The molecule has 0 unspecified atom stereocenters. The van der Waals surface area contributed by atoms with E-state index in [0.29, 0.717) is 6.54 Å². The third-order valence-electron chi connectivity index (χ3n) is 2.14. The average Bonchev–Trinajstić information content (AvgIpc) is 2.58. The van der Waals surface area contributed by atoms with E-state index in [2.05, 4.69) is 15.6 Å². The van der Waals surface area contributed by atoms with Gasteiger partial charge in [0.05, 0.1) is 23.7 Å². The molecular weight excluding hydrogens is 254 g/mol. The van der Waals surface area contributed by atoms with Gasteiger partial charge in [-0.2, -0.15) is 0 Å². The fraction of sp³-hybridized carbons (Fsp3) is 0.545. The lowest BCUT2D eigenvalue weighted by atomic mass is 10.0. The zero-order valence-electron chi connectivity index (χ0n) is 10.6. The highest BCUT2D eigenvalue weighted by molar-refractivity contribution is 7.09. The van der Waals surface area contributed by atoms with Crippen molar-refractivity contribution in [2.24, 2.45) is 0 Å².